The summed E-state index contributed by atoms with van der Waals surface area (Å²) in [4.78, 5) is 2.51. The molecular formula is C30H41NO3. The zero-order chi connectivity index (χ0) is 23.8. The van der Waals surface area contributed by atoms with Gasteiger partial charge in [0.1, 0.15) is 18.0 Å². The van der Waals surface area contributed by atoms with E-state index in [1.165, 1.54) is 43.5 Å². The number of rotatable bonds is 6. The van der Waals surface area contributed by atoms with Crippen molar-refractivity contribution in [1.29, 1.82) is 0 Å². The van der Waals surface area contributed by atoms with E-state index in [1.54, 1.807) is 0 Å². The van der Waals surface area contributed by atoms with Gasteiger partial charge in [0.05, 0.1) is 5.60 Å². The van der Waals surface area contributed by atoms with E-state index in [9.17, 15) is 10.2 Å². The van der Waals surface area contributed by atoms with Crippen molar-refractivity contribution in [3.8, 4) is 5.75 Å². The lowest BCUT2D eigenvalue weighted by molar-refractivity contribution is -0.205. The van der Waals surface area contributed by atoms with Crippen molar-refractivity contribution >= 4 is 0 Å². The fourth-order valence-corrected chi connectivity index (χ4v) is 7.27. The van der Waals surface area contributed by atoms with Crippen LogP contribution in [0.2, 0.25) is 0 Å². The van der Waals surface area contributed by atoms with Gasteiger partial charge in [-0.05, 0) is 99.7 Å². The number of fused-ring (bicyclic) bond motifs is 3. The van der Waals surface area contributed by atoms with Crippen molar-refractivity contribution in [2.75, 3.05) is 26.2 Å². The molecule has 2 fully saturated rings. The van der Waals surface area contributed by atoms with Crippen LogP contribution in [0.4, 0.5) is 0 Å². The van der Waals surface area contributed by atoms with E-state index in [0.29, 0.717) is 18.8 Å². The van der Waals surface area contributed by atoms with E-state index < -0.39 is 11.2 Å². The maximum atomic E-state index is 11.8. The Hall–Kier alpha value is -1.88. The van der Waals surface area contributed by atoms with E-state index in [1.807, 2.05) is 37.3 Å². The molecule has 3 aliphatic rings. The molecular weight excluding hydrogens is 422 g/mol. The molecule has 4 nitrogen and oxygen atoms in total. The Morgan fingerprint density at radius 3 is 2.53 bits per heavy atom. The molecule has 2 N–H and O–H groups in total. The van der Waals surface area contributed by atoms with Crippen molar-refractivity contribution in [3.05, 3.63) is 65.2 Å². The monoisotopic (exact) mass is 463 g/mol. The summed E-state index contributed by atoms with van der Waals surface area (Å²) in [6, 6.07) is 16.4. The summed E-state index contributed by atoms with van der Waals surface area (Å²) >= 11 is 0. The van der Waals surface area contributed by atoms with Crippen LogP contribution in [0.1, 0.15) is 75.5 Å². The van der Waals surface area contributed by atoms with Gasteiger partial charge in [0.25, 0.3) is 0 Å². The predicted molar refractivity (Wildman–Crippen MR) is 136 cm³/mol. The lowest BCUT2D eigenvalue weighted by atomic mass is 9.49. The number of aliphatic hydroxyl groups is 2. The number of aryl methyl sites for hydroxylation is 1. The lowest BCUT2D eigenvalue weighted by Crippen LogP contribution is -2.62. The molecule has 2 aliphatic carbocycles. The first-order chi connectivity index (χ1) is 16.4. The van der Waals surface area contributed by atoms with Crippen LogP contribution in [0.3, 0.4) is 0 Å². The average Bonchev–Trinajstić information content (AvgIpc) is 2.86. The van der Waals surface area contributed by atoms with Gasteiger partial charge in [-0.3, -0.25) is 4.90 Å². The van der Waals surface area contributed by atoms with Crippen LogP contribution in [0.5, 0.6) is 5.75 Å². The highest BCUT2D eigenvalue weighted by molar-refractivity contribution is 5.45. The smallest absolute Gasteiger partial charge is 0.119 e. The van der Waals surface area contributed by atoms with Crippen LogP contribution in [0, 0.1) is 5.92 Å². The minimum Gasteiger partial charge on any atom is -0.492 e. The van der Waals surface area contributed by atoms with Gasteiger partial charge < -0.3 is 14.9 Å². The highest BCUT2D eigenvalue weighted by atomic mass is 16.5. The number of hydrogen-bond donors (Lipinski definition) is 2. The van der Waals surface area contributed by atoms with E-state index in [0.717, 1.165) is 43.7 Å². The van der Waals surface area contributed by atoms with Gasteiger partial charge in [-0.25, -0.2) is 0 Å². The van der Waals surface area contributed by atoms with Gasteiger partial charge in [-0.15, -0.1) is 0 Å². The third kappa shape index (κ3) is 4.08. The zero-order valence-corrected chi connectivity index (χ0v) is 20.9. The molecule has 0 aromatic heterocycles. The van der Waals surface area contributed by atoms with E-state index >= 15 is 0 Å². The van der Waals surface area contributed by atoms with Crippen molar-refractivity contribution in [1.82, 2.24) is 4.90 Å². The van der Waals surface area contributed by atoms with Crippen LogP contribution in [-0.4, -0.2) is 47.0 Å². The van der Waals surface area contributed by atoms with Gasteiger partial charge in [-0.1, -0.05) is 49.7 Å². The van der Waals surface area contributed by atoms with Gasteiger partial charge in [0.2, 0.25) is 0 Å². The van der Waals surface area contributed by atoms with E-state index in [-0.39, 0.29) is 5.41 Å². The zero-order valence-electron chi connectivity index (χ0n) is 20.9. The molecule has 0 radical (unpaired) electrons. The summed E-state index contributed by atoms with van der Waals surface area (Å²) in [6.45, 7) is 8.21. The topological polar surface area (TPSA) is 52.9 Å². The Kier molecular flexibility index (Phi) is 6.52. The SMILES string of the molecule is CCC12CC(C)(O)C(O)(c3ccccc3)C[C@H]1CCc1cc(OCCN3CCCCC3)ccc12. The number of nitrogens with zero attached hydrogens (tertiary/aromatic N) is 1. The quantitative estimate of drug-likeness (QED) is 0.619. The molecule has 0 amide bonds. The number of piperidine rings is 1. The molecule has 2 aromatic rings. The Balaban J connectivity index is 1.37. The Bertz CT molecular complexity index is 984. The second kappa shape index (κ2) is 9.29. The van der Waals surface area contributed by atoms with Crippen molar-refractivity contribution in [2.45, 2.75) is 81.8 Å². The molecule has 2 aromatic carbocycles. The molecule has 1 heterocycles. The lowest BCUT2D eigenvalue weighted by Gasteiger charge is -2.59. The standard InChI is InChI=1S/C30H41NO3/c1-3-29-22-28(2,32)30(33,24-10-6-4-7-11-24)21-25(29)13-12-23-20-26(14-15-27(23)29)34-19-18-31-16-8-5-9-17-31/h4,6-7,10-11,14-15,20,25,32-33H,3,5,8-9,12-13,16-19,21-22H2,1-2H3/t25-,28?,29?,30?/m1/s1. The summed E-state index contributed by atoms with van der Waals surface area (Å²) in [5.74, 6) is 1.30. The molecule has 1 saturated carbocycles. The normalized spacial score (nSPS) is 33.7. The fourth-order valence-electron chi connectivity index (χ4n) is 7.27. The molecule has 3 unspecified atom stereocenters. The van der Waals surface area contributed by atoms with Crippen LogP contribution >= 0.6 is 0 Å². The third-order valence-corrected chi connectivity index (χ3v) is 9.26. The Labute approximate surface area is 205 Å². The maximum Gasteiger partial charge on any atom is 0.119 e. The number of likely N-dealkylation sites (tertiary alicyclic amines) is 1. The van der Waals surface area contributed by atoms with Crippen LogP contribution in [0.15, 0.2) is 48.5 Å². The maximum absolute atomic E-state index is 11.8. The molecule has 0 spiro atoms. The van der Waals surface area contributed by atoms with Gasteiger partial charge >= 0.3 is 0 Å². The molecule has 4 heteroatoms. The summed E-state index contributed by atoms with van der Waals surface area (Å²) < 4.78 is 6.18. The minimum absolute atomic E-state index is 0.121. The molecule has 1 aliphatic heterocycles. The number of hydrogen-bond acceptors (Lipinski definition) is 4. The number of benzene rings is 2. The second-order valence-electron chi connectivity index (χ2n) is 11.2. The van der Waals surface area contributed by atoms with Gasteiger partial charge in [0, 0.05) is 12.0 Å². The number of ether oxygens (including phenoxy) is 1. The third-order valence-electron chi connectivity index (χ3n) is 9.26. The summed E-state index contributed by atoms with van der Waals surface area (Å²) in [7, 11) is 0. The second-order valence-corrected chi connectivity index (χ2v) is 11.2. The highest BCUT2D eigenvalue weighted by Gasteiger charge is 2.60. The summed E-state index contributed by atoms with van der Waals surface area (Å²) in [6.07, 6.45) is 8.12. The van der Waals surface area contributed by atoms with Crippen LogP contribution in [-0.2, 0) is 17.4 Å². The van der Waals surface area contributed by atoms with Crippen molar-refractivity contribution in [2.24, 2.45) is 5.92 Å². The molecule has 0 bridgehead atoms. The Morgan fingerprint density at radius 2 is 1.79 bits per heavy atom. The highest BCUT2D eigenvalue weighted by Crippen LogP contribution is 2.60. The summed E-state index contributed by atoms with van der Waals surface area (Å²) in [5.41, 5.74) is 0.975. The average molecular weight is 464 g/mol. The van der Waals surface area contributed by atoms with Crippen molar-refractivity contribution in [3.63, 3.8) is 0 Å². The van der Waals surface area contributed by atoms with Crippen LogP contribution in [0.25, 0.3) is 0 Å². The first-order valence-corrected chi connectivity index (χ1v) is 13.4. The molecule has 5 rings (SSSR count). The van der Waals surface area contributed by atoms with E-state index in [4.69, 9.17) is 4.74 Å². The van der Waals surface area contributed by atoms with Gasteiger partial charge in [0.15, 0.2) is 0 Å². The Morgan fingerprint density at radius 1 is 1.03 bits per heavy atom. The first-order valence-electron chi connectivity index (χ1n) is 13.4. The largest absolute Gasteiger partial charge is 0.492 e. The van der Waals surface area contributed by atoms with E-state index in [2.05, 4.69) is 30.0 Å². The first kappa shape index (κ1) is 23.8. The minimum atomic E-state index is -1.23. The molecule has 184 valence electrons. The van der Waals surface area contributed by atoms with Crippen molar-refractivity contribution < 1.29 is 14.9 Å². The van der Waals surface area contributed by atoms with Gasteiger partial charge in [-0.2, -0.15) is 0 Å². The summed E-state index contributed by atoms with van der Waals surface area (Å²) in [5, 5.41) is 23.6. The molecule has 1 saturated heterocycles. The molecule has 34 heavy (non-hydrogen) atoms. The fraction of sp³-hybridized carbons (Fsp3) is 0.600. The predicted octanol–water partition coefficient (Wildman–Crippen LogP) is 5.19. The molecule has 4 atom stereocenters. The van der Waals surface area contributed by atoms with Crippen LogP contribution < -0.4 is 4.74 Å².